The topological polar surface area (TPSA) is 91.6 Å². The first-order valence-corrected chi connectivity index (χ1v) is 10.0. The zero-order valence-electron chi connectivity index (χ0n) is 17.0. The Kier molecular flexibility index (Phi) is 9.04. The highest BCUT2D eigenvalue weighted by Gasteiger charge is 2.13. The second-order valence-corrected chi connectivity index (χ2v) is 6.34. The molecule has 1 aromatic heterocycles. The Bertz CT molecular complexity index is 734. The van der Waals surface area contributed by atoms with Crippen molar-refractivity contribution in [2.45, 2.75) is 46.6 Å². The van der Waals surface area contributed by atoms with E-state index in [9.17, 15) is 4.79 Å². The molecule has 0 saturated heterocycles. The van der Waals surface area contributed by atoms with Crippen LogP contribution in [-0.2, 0) is 19.4 Å². The molecule has 2 rings (SSSR count). The van der Waals surface area contributed by atoms with Gasteiger partial charge in [-0.2, -0.15) is 0 Å². The van der Waals surface area contributed by atoms with E-state index in [1.807, 2.05) is 37.3 Å². The van der Waals surface area contributed by atoms with Crippen molar-refractivity contribution >= 4 is 11.9 Å². The average molecular weight is 386 g/mol. The Morgan fingerprint density at radius 2 is 1.79 bits per heavy atom. The van der Waals surface area contributed by atoms with Crippen LogP contribution >= 0.6 is 0 Å². The van der Waals surface area contributed by atoms with Gasteiger partial charge in [-0.3, -0.25) is 4.79 Å². The van der Waals surface area contributed by atoms with Gasteiger partial charge in [0, 0.05) is 37.2 Å². The van der Waals surface area contributed by atoms with Crippen LogP contribution in [0, 0.1) is 0 Å². The number of aliphatic imine (C=N–C) groups is 1. The lowest BCUT2D eigenvalue weighted by molar-refractivity contribution is 0.0953. The van der Waals surface area contributed by atoms with Crippen LogP contribution < -0.4 is 16.0 Å². The van der Waals surface area contributed by atoms with Gasteiger partial charge in [0.25, 0.3) is 5.91 Å². The van der Waals surface area contributed by atoms with Crippen molar-refractivity contribution in [1.82, 2.24) is 21.1 Å². The smallest absolute Gasteiger partial charge is 0.251 e. The Labute approximate surface area is 167 Å². The third kappa shape index (κ3) is 6.40. The van der Waals surface area contributed by atoms with Crippen molar-refractivity contribution in [2.75, 3.05) is 19.6 Å². The molecule has 1 amide bonds. The van der Waals surface area contributed by atoms with E-state index in [4.69, 9.17) is 4.52 Å². The largest absolute Gasteiger partial charge is 0.361 e. The molecule has 152 valence electrons. The Morgan fingerprint density at radius 1 is 1.04 bits per heavy atom. The van der Waals surface area contributed by atoms with E-state index in [0.29, 0.717) is 25.2 Å². The van der Waals surface area contributed by atoms with E-state index in [1.165, 1.54) is 0 Å². The number of aryl methyl sites for hydroxylation is 2. The first-order valence-electron chi connectivity index (χ1n) is 10.0. The number of carbonyl (C=O) groups excluding carboxylic acids is 1. The summed E-state index contributed by atoms with van der Waals surface area (Å²) in [5.41, 5.74) is 2.73. The summed E-state index contributed by atoms with van der Waals surface area (Å²) in [6, 6.07) is 9.24. The minimum absolute atomic E-state index is 0.0483. The normalized spacial score (nSPS) is 11.3. The number of carbonyl (C=O) groups is 1. The number of hydrogen-bond donors (Lipinski definition) is 3. The first-order chi connectivity index (χ1) is 13.7. The van der Waals surface area contributed by atoms with Crippen molar-refractivity contribution in [3.63, 3.8) is 0 Å². The summed E-state index contributed by atoms with van der Waals surface area (Å²) in [7, 11) is 0. The standard InChI is InChI=1S/C21H31N5O2/c1-4-18-17(19(5-2)28-26-18)15-25-21(22-6-3)24-14-10-13-23-20(27)16-11-8-7-9-12-16/h7-9,11-12H,4-6,10,13-15H2,1-3H3,(H,23,27)(H2,22,24,25). The van der Waals surface area contributed by atoms with Gasteiger partial charge in [0.15, 0.2) is 5.96 Å². The Hall–Kier alpha value is -2.83. The van der Waals surface area contributed by atoms with Crippen LogP contribution in [0.3, 0.4) is 0 Å². The number of nitrogens with one attached hydrogen (secondary N) is 3. The number of amides is 1. The minimum Gasteiger partial charge on any atom is -0.361 e. The van der Waals surface area contributed by atoms with Gasteiger partial charge in [-0.1, -0.05) is 37.2 Å². The molecule has 1 aromatic carbocycles. The van der Waals surface area contributed by atoms with Gasteiger partial charge in [-0.05, 0) is 31.9 Å². The summed E-state index contributed by atoms with van der Waals surface area (Å²) in [6.07, 6.45) is 2.44. The predicted octanol–water partition coefficient (Wildman–Crippen LogP) is 2.67. The summed E-state index contributed by atoms with van der Waals surface area (Å²) < 4.78 is 5.40. The van der Waals surface area contributed by atoms with Crippen LogP contribution in [0.1, 0.15) is 54.6 Å². The summed E-state index contributed by atoms with van der Waals surface area (Å²) >= 11 is 0. The average Bonchev–Trinajstić information content (AvgIpc) is 3.14. The number of nitrogens with zero attached hydrogens (tertiary/aromatic N) is 2. The first kappa shape index (κ1) is 21.5. The quantitative estimate of drug-likeness (QED) is 0.332. The number of benzene rings is 1. The molecule has 0 saturated carbocycles. The maximum absolute atomic E-state index is 12.0. The van der Waals surface area contributed by atoms with Crippen LogP contribution in [0.4, 0.5) is 0 Å². The SMILES string of the molecule is CCNC(=NCc1c(CC)noc1CC)NCCCNC(=O)c1ccccc1. The third-order valence-corrected chi connectivity index (χ3v) is 4.31. The molecule has 7 nitrogen and oxygen atoms in total. The number of guanidine groups is 1. The van der Waals surface area contributed by atoms with E-state index in [1.54, 1.807) is 0 Å². The van der Waals surface area contributed by atoms with Crippen molar-refractivity contribution in [2.24, 2.45) is 4.99 Å². The molecule has 0 radical (unpaired) electrons. The molecule has 1 heterocycles. The monoisotopic (exact) mass is 385 g/mol. The molecule has 0 bridgehead atoms. The van der Waals surface area contributed by atoms with Crippen molar-refractivity contribution in [3.8, 4) is 0 Å². The molecule has 0 aliphatic rings. The second-order valence-electron chi connectivity index (χ2n) is 6.34. The summed E-state index contributed by atoms with van der Waals surface area (Å²) in [5, 5.41) is 13.6. The molecule has 3 N–H and O–H groups in total. The van der Waals surface area contributed by atoms with Gasteiger partial charge >= 0.3 is 0 Å². The third-order valence-electron chi connectivity index (χ3n) is 4.31. The summed E-state index contributed by atoms with van der Waals surface area (Å²) in [6.45, 7) is 8.79. The van der Waals surface area contributed by atoms with E-state index in [0.717, 1.165) is 48.8 Å². The Morgan fingerprint density at radius 3 is 2.46 bits per heavy atom. The number of hydrogen-bond acceptors (Lipinski definition) is 4. The molecule has 0 aliphatic carbocycles. The summed E-state index contributed by atoms with van der Waals surface area (Å²) in [5.74, 6) is 1.61. The summed E-state index contributed by atoms with van der Waals surface area (Å²) in [4.78, 5) is 16.7. The van der Waals surface area contributed by atoms with Crippen LogP contribution in [-0.4, -0.2) is 36.7 Å². The Balaban J connectivity index is 1.80. The molecule has 0 unspecified atom stereocenters. The fourth-order valence-corrected chi connectivity index (χ4v) is 2.81. The lowest BCUT2D eigenvalue weighted by Crippen LogP contribution is -2.38. The highest BCUT2D eigenvalue weighted by molar-refractivity contribution is 5.94. The van der Waals surface area contributed by atoms with Gasteiger partial charge in [0.1, 0.15) is 5.76 Å². The molecule has 2 aromatic rings. The van der Waals surface area contributed by atoms with Crippen molar-refractivity contribution in [3.05, 3.63) is 52.9 Å². The predicted molar refractivity (Wildman–Crippen MR) is 111 cm³/mol. The van der Waals surface area contributed by atoms with Gasteiger partial charge in [-0.25, -0.2) is 4.99 Å². The van der Waals surface area contributed by atoms with Crippen molar-refractivity contribution in [1.29, 1.82) is 0 Å². The van der Waals surface area contributed by atoms with Gasteiger partial charge in [-0.15, -0.1) is 0 Å². The fraction of sp³-hybridized carbons (Fsp3) is 0.476. The lowest BCUT2D eigenvalue weighted by atomic mass is 10.1. The number of rotatable bonds is 10. The van der Waals surface area contributed by atoms with Gasteiger partial charge < -0.3 is 20.5 Å². The van der Waals surface area contributed by atoms with Gasteiger partial charge in [0.2, 0.25) is 0 Å². The van der Waals surface area contributed by atoms with Crippen LogP contribution in [0.5, 0.6) is 0 Å². The molecular weight excluding hydrogens is 354 g/mol. The van der Waals surface area contributed by atoms with E-state index in [-0.39, 0.29) is 5.91 Å². The van der Waals surface area contributed by atoms with Crippen LogP contribution in [0.25, 0.3) is 0 Å². The molecule has 0 atom stereocenters. The highest BCUT2D eigenvalue weighted by atomic mass is 16.5. The maximum atomic E-state index is 12.0. The molecule has 28 heavy (non-hydrogen) atoms. The fourth-order valence-electron chi connectivity index (χ4n) is 2.81. The van der Waals surface area contributed by atoms with Gasteiger partial charge in [0.05, 0.1) is 12.2 Å². The second kappa shape index (κ2) is 11.8. The minimum atomic E-state index is -0.0483. The lowest BCUT2D eigenvalue weighted by Gasteiger charge is -2.12. The molecular formula is C21H31N5O2. The van der Waals surface area contributed by atoms with E-state index in [2.05, 4.69) is 39.9 Å². The molecule has 7 heteroatoms. The molecule has 0 spiro atoms. The maximum Gasteiger partial charge on any atom is 0.251 e. The van der Waals surface area contributed by atoms with Crippen molar-refractivity contribution < 1.29 is 9.32 Å². The number of aromatic nitrogens is 1. The molecule has 0 fully saturated rings. The van der Waals surface area contributed by atoms with E-state index < -0.39 is 0 Å². The zero-order chi connectivity index (χ0) is 20.2. The van der Waals surface area contributed by atoms with Crippen LogP contribution in [0.15, 0.2) is 39.8 Å². The van der Waals surface area contributed by atoms with Crippen LogP contribution in [0.2, 0.25) is 0 Å². The highest BCUT2D eigenvalue weighted by Crippen LogP contribution is 2.16. The van der Waals surface area contributed by atoms with E-state index >= 15 is 0 Å². The molecule has 0 aliphatic heterocycles. The zero-order valence-corrected chi connectivity index (χ0v) is 17.0.